The molecule has 7 nitrogen and oxygen atoms in total. The number of hydrogen-bond donors (Lipinski definition) is 2. The molecule has 0 radical (unpaired) electrons. The number of hydrogen-bond acceptors (Lipinski definition) is 4. The van der Waals surface area contributed by atoms with Crippen molar-refractivity contribution in [1.82, 2.24) is 20.4 Å². The molecular weight excluding hydrogens is 505 g/mol. The number of carbonyl (C=O) groups excluding carboxylic acids is 1. The first-order chi connectivity index (χ1) is 14.4. The summed E-state index contributed by atoms with van der Waals surface area (Å²) in [4.78, 5) is 20.9. The number of nitrogens with one attached hydrogen (secondary N) is 2. The van der Waals surface area contributed by atoms with Crippen molar-refractivity contribution in [2.45, 2.75) is 45.2 Å². The summed E-state index contributed by atoms with van der Waals surface area (Å²) in [6.45, 7) is 8.46. The van der Waals surface area contributed by atoms with Gasteiger partial charge in [-0.3, -0.25) is 9.69 Å². The van der Waals surface area contributed by atoms with E-state index in [0.717, 1.165) is 37.4 Å². The number of rotatable bonds is 7. The van der Waals surface area contributed by atoms with Crippen LogP contribution in [0.3, 0.4) is 0 Å². The van der Waals surface area contributed by atoms with Crippen LogP contribution in [0.4, 0.5) is 0 Å². The minimum atomic E-state index is -0.00854. The Bertz CT molecular complexity index is 740. The van der Waals surface area contributed by atoms with Gasteiger partial charge < -0.3 is 20.3 Å². The van der Waals surface area contributed by atoms with Crippen LogP contribution in [0, 0.1) is 5.92 Å². The van der Waals surface area contributed by atoms with E-state index in [1.54, 1.807) is 19.0 Å². The smallest absolute Gasteiger partial charge is 0.243 e. The summed E-state index contributed by atoms with van der Waals surface area (Å²) >= 11 is 0. The number of ether oxygens (including phenoxy) is 1. The summed E-state index contributed by atoms with van der Waals surface area (Å²) in [5, 5.41) is 7.08. The average molecular weight is 543 g/mol. The lowest BCUT2D eigenvalue weighted by atomic mass is 10.0. The van der Waals surface area contributed by atoms with Crippen molar-refractivity contribution in [3.63, 3.8) is 0 Å². The number of nitrogens with zero attached hydrogens (tertiary/aromatic N) is 3. The number of para-hydroxylation sites is 1. The predicted octanol–water partition coefficient (Wildman–Crippen LogP) is 2.87. The van der Waals surface area contributed by atoms with Crippen molar-refractivity contribution >= 4 is 35.8 Å². The van der Waals surface area contributed by atoms with Gasteiger partial charge in [-0.15, -0.1) is 24.0 Å². The highest BCUT2D eigenvalue weighted by Gasteiger charge is 2.26. The van der Waals surface area contributed by atoms with Crippen LogP contribution < -0.4 is 15.4 Å². The maximum absolute atomic E-state index is 12.1. The van der Waals surface area contributed by atoms with Gasteiger partial charge in [-0.1, -0.05) is 32.0 Å². The molecule has 1 unspecified atom stereocenters. The van der Waals surface area contributed by atoms with E-state index in [4.69, 9.17) is 4.74 Å². The van der Waals surface area contributed by atoms with Crippen LogP contribution in [0.15, 0.2) is 29.3 Å². The van der Waals surface area contributed by atoms with Gasteiger partial charge in [0.25, 0.3) is 0 Å². The fraction of sp³-hybridized carbons (Fsp3) is 0.652. The topological polar surface area (TPSA) is 69.2 Å². The van der Waals surface area contributed by atoms with E-state index in [1.807, 2.05) is 18.2 Å². The van der Waals surface area contributed by atoms with Crippen molar-refractivity contribution in [2.24, 2.45) is 10.9 Å². The highest BCUT2D eigenvalue weighted by molar-refractivity contribution is 14.0. The maximum Gasteiger partial charge on any atom is 0.243 e. The highest BCUT2D eigenvalue weighted by Crippen LogP contribution is 2.31. The number of aliphatic imine (C=N–C) groups is 1. The zero-order valence-corrected chi connectivity index (χ0v) is 21.6. The van der Waals surface area contributed by atoms with Gasteiger partial charge in [0.05, 0.1) is 12.6 Å². The number of amides is 1. The number of likely N-dealkylation sites (N-methyl/N-ethyl adjacent to an activating group) is 1. The van der Waals surface area contributed by atoms with E-state index in [-0.39, 0.29) is 42.5 Å². The summed E-state index contributed by atoms with van der Waals surface area (Å²) in [6.07, 6.45) is 3.30. The molecule has 0 spiro atoms. The Morgan fingerprint density at radius 1 is 1.29 bits per heavy atom. The van der Waals surface area contributed by atoms with Crippen molar-refractivity contribution in [3.05, 3.63) is 29.8 Å². The van der Waals surface area contributed by atoms with Crippen LogP contribution in [-0.4, -0.2) is 74.6 Å². The molecular formula is C23H38IN5O2. The molecule has 8 heteroatoms. The summed E-state index contributed by atoms with van der Waals surface area (Å²) in [6, 6.07) is 8.75. The van der Waals surface area contributed by atoms with Gasteiger partial charge in [0, 0.05) is 45.2 Å². The molecule has 174 valence electrons. The van der Waals surface area contributed by atoms with Crippen LogP contribution in [-0.2, 0) is 4.79 Å². The second-order valence-corrected chi connectivity index (χ2v) is 8.89. The van der Waals surface area contributed by atoms with Crippen LogP contribution in [0.25, 0.3) is 0 Å². The van der Waals surface area contributed by atoms with Crippen molar-refractivity contribution in [3.8, 4) is 5.75 Å². The molecule has 0 aromatic heterocycles. The lowest BCUT2D eigenvalue weighted by Crippen LogP contribution is -2.47. The van der Waals surface area contributed by atoms with E-state index >= 15 is 0 Å². The third-order valence-electron chi connectivity index (χ3n) is 5.74. The Balaban J connectivity index is 0.00000341. The molecule has 2 heterocycles. The molecule has 2 N–H and O–H groups in total. The van der Waals surface area contributed by atoms with E-state index in [1.165, 1.54) is 12.8 Å². The van der Waals surface area contributed by atoms with Gasteiger partial charge in [-0.2, -0.15) is 0 Å². The second kappa shape index (κ2) is 12.5. The SMILES string of the molecule is CC(C)CN1CCC[C@@H]1CNC(=NCC(=O)N(C)C)NC1CCOc2ccccc21.I. The van der Waals surface area contributed by atoms with Crippen LogP contribution in [0.5, 0.6) is 5.75 Å². The van der Waals surface area contributed by atoms with Crippen molar-refractivity contribution in [2.75, 3.05) is 46.9 Å². The van der Waals surface area contributed by atoms with Gasteiger partial charge in [-0.25, -0.2) is 4.99 Å². The van der Waals surface area contributed by atoms with Crippen molar-refractivity contribution < 1.29 is 9.53 Å². The molecule has 3 rings (SSSR count). The number of carbonyl (C=O) groups is 1. The van der Waals surface area contributed by atoms with Gasteiger partial charge in [0.1, 0.15) is 12.3 Å². The molecule has 31 heavy (non-hydrogen) atoms. The number of likely N-dealkylation sites (tertiary alicyclic amines) is 1. The molecule has 2 atom stereocenters. The molecule has 1 amide bonds. The minimum Gasteiger partial charge on any atom is -0.493 e. The van der Waals surface area contributed by atoms with Gasteiger partial charge in [0.2, 0.25) is 5.91 Å². The first kappa shape index (κ1) is 25.7. The Hall–Kier alpha value is -1.55. The minimum absolute atomic E-state index is 0. The summed E-state index contributed by atoms with van der Waals surface area (Å²) in [5.74, 6) is 2.27. The molecule has 1 aromatic rings. The number of halogens is 1. The number of fused-ring (bicyclic) bond motifs is 1. The fourth-order valence-electron chi connectivity index (χ4n) is 4.15. The molecule has 0 aliphatic carbocycles. The number of guanidine groups is 1. The van der Waals surface area contributed by atoms with Crippen LogP contribution in [0.1, 0.15) is 44.7 Å². The molecule has 2 aliphatic rings. The lowest BCUT2D eigenvalue weighted by Gasteiger charge is -2.30. The Morgan fingerprint density at radius 2 is 2.06 bits per heavy atom. The molecule has 1 aromatic carbocycles. The van der Waals surface area contributed by atoms with E-state index < -0.39 is 0 Å². The molecule has 1 fully saturated rings. The molecule has 0 bridgehead atoms. The number of benzene rings is 1. The first-order valence-corrected chi connectivity index (χ1v) is 11.1. The molecule has 1 saturated heterocycles. The quantitative estimate of drug-likeness (QED) is 0.315. The normalized spacial score (nSPS) is 21.1. The largest absolute Gasteiger partial charge is 0.493 e. The summed E-state index contributed by atoms with van der Waals surface area (Å²) in [5.41, 5.74) is 1.14. The molecule has 2 aliphatic heterocycles. The van der Waals surface area contributed by atoms with E-state index in [0.29, 0.717) is 24.5 Å². The Morgan fingerprint density at radius 3 is 2.81 bits per heavy atom. The van der Waals surface area contributed by atoms with E-state index in [2.05, 4.69) is 40.4 Å². The van der Waals surface area contributed by atoms with Gasteiger partial charge in [0.15, 0.2) is 5.96 Å². The maximum atomic E-state index is 12.1. The van der Waals surface area contributed by atoms with Gasteiger partial charge in [-0.05, 0) is 31.4 Å². The van der Waals surface area contributed by atoms with Gasteiger partial charge >= 0.3 is 0 Å². The highest BCUT2D eigenvalue weighted by atomic mass is 127. The second-order valence-electron chi connectivity index (χ2n) is 8.89. The Labute approximate surface area is 204 Å². The summed E-state index contributed by atoms with van der Waals surface area (Å²) in [7, 11) is 3.52. The third-order valence-corrected chi connectivity index (χ3v) is 5.74. The zero-order valence-electron chi connectivity index (χ0n) is 19.3. The zero-order chi connectivity index (χ0) is 21.5. The lowest BCUT2D eigenvalue weighted by molar-refractivity contribution is -0.127. The first-order valence-electron chi connectivity index (χ1n) is 11.1. The average Bonchev–Trinajstić information content (AvgIpc) is 3.16. The summed E-state index contributed by atoms with van der Waals surface area (Å²) < 4.78 is 5.79. The van der Waals surface area contributed by atoms with Crippen LogP contribution >= 0.6 is 24.0 Å². The fourth-order valence-corrected chi connectivity index (χ4v) is 4.15. The Kier molecular flexibility index (Phi) is 10.3. The molecule has 0 saturated carbocycles. The predicted molar refractivity (Wildman–Crippen MR) is 136 cm³/mol. The standard InChI is InChI=1S/C23H37N5O2.HI/c1-17(2)16-28-12-7-8-18(28)14-24-23(25-15-22(29)27(3)4)26-20-11-13-30-21-10-6-5-9-19(20)21;/h5-6,9-10,17-18,20H,7-8,11-16H2,1-4H3,(H2,24,25,26);1H/t18-,20?;/m1./s1. The monoisotopic (exact) mass is 543 g/mol. The van der Waals surface area contributed by atoms with E-state index in [9.17, 15) is 4.79 Å². The van der Waals surface area contributed by atoms with Crippen LogP contribution in [0.2, 0.25) is 0 Å². The third kappa shape index (κ3) is 7.52. The van der Waals surface area contributed by atoms with Crippen molar-refractivity contribution in [1.29, 1.82) is 0 Å².